The van der Waals surface area contributed by atoms with Gasteiger partial charge in [-0.25, -0.2) is 0 Å². The molecule has 0 unspecified atom stereocenters. The summed E-state index contributed by atoms with van der Waals surface area (Å²) in [6.45, 7) is 1.77. The predicted molar refractivity (Wildman–Crippen MR) is 65.0 cm³/mol. The van der Waals surface area contributed by atoms with Crippen LogP contribution in [0.15, 0.2) is 42.6 Å². The number of hydrogen-bond donors (Lipinski definition) is 2. The maximum Gasteiger partial charge on any atom is 0.274 e. The zero-order chi connectivity index (χ0) is 12.3. The Hall–Kier alpha value is -2.36. The molecule has 0 spiro atoms. The lowest BCUT2D eigenvalue weighted by Gasteiger charge is -2.06. The fourth-order valence-corrected chi connectivity index (χ4v) is 1.43. The lowest BCUT2D eigenvalue weighted by Crippen LogP contribution is -2.13. The maximum absolute atomic E-state index is 11.8. The van der Waals surface area contributed by atoms with Crippen molar-refractivity contribution in [1.29, 1.82) is 0 Å². The average Bonchev–Trinajstić information content (AvgIpc) is 2.35. The summed E-state index contributed by atoms with van der Waals surface area (Å²) in [5.41, 5.74) is 1.71. The van der Waals surface area contributed by atoms with E-state index in [9.17, 15) is 9.90 Å². The van der Waals surface area contributed by atoms with Crippen LogP contribution in [0.5, 0.6) is 5.75 Å². The largest absolute Gasteiger partial charge is 0.508 e. The number of aromatic hydroxyl groups is 1. The van der Waals surface area contributed by atoms with Crippen LogP contribution >= 0.6 is 0 Å². The minimum absolute atomic E-state index is 0.209. The Labute approximate surface area is 98.9 Å². The first-order valence-electron chi connectivity index (χ1n) is 5.19. The molecule has 2 N–H and O–H groups in total. The molecule has 1 amide bonds. The molecule has 0 aliphatic heterocycles. The van der Waals surface area contributed by atoms with Gasteiger partial charge in [0.25, 0.3) is 5.91 Å². The van der Waals surface area contributed by atoms with Crippen LogP contribution in [0.4, 0.5) is 5.69 Å². The van der Waals surface area contributed by atoms with E-state index in [0.717, 1.165) is 0 Å². The highest BCUT2D eigenvalue weighted by atomic mass is 16.3. The molecular formula is C13H12N2O2. The molecule has 1 aromatic heterocycles. The number of phenols is 1. The highest BCUT2D eigenvalue weighted by molar-refractivity contribution is 6.02. The van der Waals surface area contributed by atoms with E-state index >= 15 is 0 Å². The fraction of sp³-hybridized carbons (Fsp3) is 0.0769. The zero-order valence-corrected chi connectivity index (χ0v) is 9.34. The summed E-state index contributed by atoms with van der Waals surface area (Å²) < 4.78 is 0. The number of aryl methyl sites for hydroxylation is 1. The van der Waals surface area contributed by atoms with Crippen LogP contribution in [0.1, 0.15) is 16.1 Å². The molecular weight excluding hydrogens is 216 g/mol. The Morgan fingerprint density at radius 1 is 1.29 bits per heavy atom. The van der Waals surface area contributed by atoms with Gasteiger partial charge in [0.15, 0.2) is 0 Å². The smallest absolute Gasteiger partial charge is 0.274 e. The topological polar surface area (TPSA) is 62.2 Å². The van der Waals surface area contributed by atoms with Crippen LogP contribution in [0, 0.1) is 6.92 Å². The molecule has 2 rings (SSSR count). The number of nitrogens with zero attached hydrogens (tertiary/aromatic N) is 1. The van der Waals surface area contributed by atoms with E-state index in [1.54, 1.807) is 49.5 Å². The second kappa shape index (κ2) is 4.65. The number of anilines is 1. The number of hydrogen-bond acceptors (Lipinski definition) is 3. The Morgan fingerprint density at radius 3 is 2.76 bits per heavy atom. The molecule has 1 heterocycles. The number of carbonyl (C=O) groups excluding carboxylic acids is 1. The van der Waals surface area contributed by atoms with E-state index < -0.39 is 0 Å². The lowest BCUT2D eigenvalue weighted by molar-refractivity contribution is 0.102. The second-order valence-electron chi connectivity index (χ2n) is 3.67. The van der Waals surface area contributed by atoms with Crippen molar-refractivity contribution in [2.45, 2.75) is 6.92 Å². The van der Waals surface area contributed by atoms with Crippen molar-refractivity contribution in [2.24, 2.45) is 0 Å². The number of pyridine rings is 1. The third-order valence-corrected chi connectivity index (χ3v) is 2.35. The molecule has 4 nitrogen and oxygen atoms in total. The first kappa shape index (κ1) is 11.1. The normalized spacial score (nSPS) is 9.94. The van der Waals surface area contributed by atoms with E-state index in [1.807, 2.05) is 0 Å². The van der Waals surface area contributed by atoms with Crippen LogP contribution in [0.3, 0.4) is 0 Å². The molecule has 0 radical (unpaired) electrons. The minimum atomic E-state index is -0.268. The van der Waals surface area contributed by atoms with E-state index in [4.69, 9.17) is 0 Å². The molecule has 1 aromatic carbocycles. The summed E-state index contributed by atoms with van der Waals surface area (Å²) in [4.78, 5) is 15.7. The van der Waals surface area contributed by atoms with Gasteiger partial charge in [-0.1, -0.05) is 6.07 Å². The number of nitrogens with one attached hydrogen (secondary N) is 1. The molecule has 17 heavy (non-hydrogen) atoms. The van der Waals surface area contributed by atoms with Crippen molar-refractivity contribution in [2.75, 3.05) is 5.32 Å². The second-order valence-corrected chi connectivity index (χ2v) is 3.67. The molecule has 2 aromatic rings. The van der Waals surface area contributed by atoms with Crippen LogP contribution in [0.25, 0.3) is 0 Å². The van der Waals surface area contributed by atoms with Gasteiger partial charge in [0.2, 0.25) is 0 Å². The standard InChI is InChI=1S/C13H12N2O2/c1-9-8-10(5-6-12(9)16)15-13(17)11-4-2-3-7-14-11/h2-8,16H,1H3,(H,15,17). The van der Waals surface area contributed by atoms with Gasteiger partial charge in [0.1, 0.15) is 11.4 Å². The van der Waals surface area contributed by atoms with Crippen molar-refractivity contribution < 1.29 is 9.90 Å². The van der Waals surface area contributed by atoms with Gasteiger partial charge >= 0.3 is 0 Å². The summed E-state index contributed by atoms with van der Waals surface area (Å²) in [6.07, 6.45) is 1.57. The summed E-state index contributed by atoms with van der Waals surface area (Å²) in [6, 6.07) is 10.0. The Bertz CT molecular complexity index is 538. The summed E-state index contributed by atoms with van der Waals surface area (Å²) in [7, 11) is 0. The maximum atomic E-state index is 11.8. The van der Waals surface area contributed by atoms with Crippen molar-refractivity contribution in [1.82, 2.24) is 4.98 Å². The first-order valence-corrected chi connectivity index (χ1v) is 5.19. The summed E-state index contributed by atoms with van der Waals surface area (Å²) >= 11 is 0. The monoisotopic (exact) mass is 228 g/mol. The SMILES string of the molecule is Cc1cc(NC(=O)c2ccccn2)ccc1O. The number of rotatable bonds is 2. The highest BCUT2D eigenvalue weighted by Gasteiger charge is 2.07. The van der Waals surface area contributed by atoms with E-state index in [1.165, 1.54) is 0 Å². The van der Waals surface area contributed by atoms with Crippen LogP contribution < -0.4 is 5.32 Å². The van der Waals surface area contributed by atoms with Gasteiger partial charge in [0, 0.05) is 11.9 Å². The molecule has 0 saturated carbocycles. The van der Waals surface area contributed by atoms with E-state index in [0.29, 0.717) is 16.9 Å². The first-order chi connectivity index (χ1) is 8.16. The minimum Gasteiger partial charge on any atom is -0.508 e. The van der Waals surface area contributed by atoms with Gasteiger partial charge in [-0.3, -0.25) is 9.78 Å². The number of amides is 1. The third kappa shape index (κ3) is 2.60. The van der Waals surface area contributed by atoms with Crippen molar-refractivity contribution in [3.05, 3.63) is 53.9 Å². The number of phenolic OH excluding ortho intramolecular Hbond substituents is 1. The van der Waals surface area contributed by atoms with Crippen LogP contribution in [-0.2, 0) is 0 Å². The fourth-order valence-electron chi connectivity index (χ4n) is 1.43. The Balaban J connectivity index is 2.16. The lowest BCUT2D eigenvalue weighted by atomic mass is 10.2. The summed E-state index contributed by atoms with van der Waals surface area (Å²) in [5, 5.41) is 12.1. The highest BCUT2D eigenvalue weighted by Crippen LogP contribution is 2.20. The van der Waals surface area contributed by atoms with Crippen LogP contribution in [0.2, 0.25) is 0 Å². The molecule has 0 fully saturated rings. The molecule has 0 saturated heterocycles. The zero-order valence-electron chi connectivity index (χ0n) is 9.34. The average molecular weight is 228 g/mol. The van der Waals surface area contributed by atoms with Gasteiger partial charge in [0.05, 0.1) is 0 Å². The molecule has 4 heteroatoms. The molecule has 0 aliphatic carbocycles. The van der Waals surface area contributed by atoms with Crippen molar-refractivity contribution >= 4 is 11.6 Å². The predicted octanol–water partition coefficient (Wildman–Crippen LogP) is 2.35. The third-order valence-electron chi connectivity index (χ3n) is 2.35. The van der Waals surface area contributed by atoms with Gasteiger partial charge in [-0.2, -0.15) is 0 Å². The molecule has 0 bridgehead atoms. The van der Waals surface area contributed by atoms with Gasteiger partial charge in [-0.15, -0.1) is 0 Å². The molecule has 0 atom stereocenters. The number of aromatic nitrogens is 1. The number of benzene rings is 1. The number of carbonyl (C=O) groups is 1. The van der Waals surface area contributed by atoms with Gasteiger partial charge in [-0.05, 0) is 42.8 Å². The summed E-state index contributed by atoms with van der Waals surface area (Å²) in [5.74, 6) is -0.0588. The van der Waals surface area contributed by atoms with E-state index in [2.05, 4.69) is 10.3 Å². The Kier molecular flexibility index (Phi) is 3.05. The molecule has 0 aliphatic rings. The van der Waals surface area contributed by atoms with Crippen LogP contribution in [-0.4, -0.2) is 16.0 Å². The van der Waals surface area contributed by atoms with Gasteiger partial charge < -0.3 is 10.4 Å². The van der Waals surface area contributed by atoms with Crippen molar-refractivity contribution in [3.8, 4) is 5.75 Å². The Morgan fingerprint density at radius 2 is 2.12 bits per heavy atom. The van der Waals surface area contributed by atoms with E-state index in [-0.39, 0.29) is 11.7 Å². The van der Waals surface area contributed by atoms with Crippen molar-refractivity contribution in [3.63, 3.8) is 0 Å². The quantitative estimate of drug-likeness (QED) is 0.775. The molecule has 86 valence electrons.